The minimum Gasteiger partial charge on any atom is -0.456 e. The summed E-state index contributed by atoms with van der Waals surface area (Å²) in [6.45, 7) is 0. The molecule has 0 saturated carbocycles. The van der Waals surface area contributed by atoms with Crippen molar-refractivity contribution in [2.75, 3.05) is 0 Å². The summed E-state index contributed by atoms with van der Waals surface area (Å²) in [5, 5.41) is 12.2. The molecule has 11 rings (SSSR count). The fourth-order valence-electron chi connectivity index (χ4n) is 8.17. The van der Waals surface area contributed by atoms with Gasteiger partial charge in [0.05, 0.1) is 33.1 Å². The molecule has 0 bridgehead atoms. The molecule has 0 radical (unpaired) electrons. The van der Waals surface area contributed by atoms with Gasteiger partial charge in [0.1, 0.15) is 11.2 Å². The van der Waals surface area contributed by atoms with Gasteiger partial charge in [0.15, 0.2) is 0 Å². The Morgan fingerprint density at radius 1 is 0.362 bits per heavy atom. The standard InChI is InChI=1S/C44H26N2O/c1-2-13-28(14-3-1)45-37-24-22-33-32-18-8-10-20-36(32)46(38-26-27-12-4-5-15-29(27)30-16-6-7-17-31(30)38)43(33)41(37)35-23-25-40-42(44(35)45)34-19-9-11-21-39(34)47-40/h1-26H. The van der Waals surface area contributed by atoms with E-state index in [0.717, 1.165) is 27.6 Å². The topological polar surface area (TPSA) is 23.0 Å². The Bertz CT molecular complexity index is 3070. The number of aromatic nitrogens is 2. The third-order valence-electron chi connectivity index (χ3n) is 10.1. The van der Waals surface area contributed by atoms with Gasteiger partial charge in [-0.15, -0.1) is 0 Å². The van der Waals surface area contributed by atoms with E-state index in [9.17, 15) is 0 Å². The average Bonchev–Trinajstić information content (AvgIpc) is 3.79. The van der Waals surface area contributed by atoms with Crippen molar-refractivity contribution in [3.8, 4) is 11.4 Å². The minimum absolute atomic E-state index is 0.899. The maximum atomic E-state index is 6.45. The van der Waals surface area contributed by atoms with Crippen molar-refractivity contribution in [3.63, 3.8) is 0 Å². The second-order valence-electron chi connectivity index (χ2n) is 12.5. The fourth-order valence-corrected chi connectivity index (χ4v) is 8.17. The van der Waals surface area contributed by atoms with E-state index in [1.165, 1.54) is 70.8 Å². The van der Waals surface area contributed by atoms with Crippen LogP contribution >= 0.6 is 0 Å². The predicted molar refractivity (Wildman–Crippen MR) is 197 cm³/mol. The number of hydrogen-bond donors (Lipinski definition) is 0. The molecule has 0 N–H and O–H groups in total. The molecule has 0 unspecified atom stereocenters. The van der Waals surface area contributed by atoms with E-state index < -0.39 is 0 Å². The Hall–Kier alpha value is -6.32. The van der Waals surface area contributed by atoms with Gasteiger partial charge in [-0.25, -0.2) is 0 Å². The van der Waals surface area contributed by atoms with Crippen LogP contribution in [0.3, 0.4) is 0 Å². The van der Waals surface area contributed by atoms with Crippen molar-refractivity contribution in [2.45, 2.75) is 0 Å². The molecule has 218 valence electrons. The lowest BCUT2D eigenvalue weighted by atomic mass is 10.00. The van der Waals surface area contributed by atoms with Crippen LogP contribution in [0.1, 0.15) is 0 Å². The van der Waals surface area contributed by atoms with E-state index in [4.69, 9.17) is 4.42 Å². The second-order valence-corrected chi connectivity index (χ2v) is 12.5. The van der Waals surface area contributed by atoms with Crippen molar-refractivity contribution in [1.29, 1.82) is 0 Å². The lowest BCUT2D eigenvalue weighted by molar-refractivity contribution is 0.669. The average molecular weight is 599 g/mol. The number of rotatable bonds is 2. The van der Waals surface area contributed by atoms with E-state index in [1.807, 2.05) is 6.07 Å². The summed E-state index contributed by atoms with van der Waals surface area (Å²) in [6, 6.07) is 57.0. The molecule has 3 nitrogen and oxygen atoms in total. The van der Waals surface area contributed by atoms with E-state index >= 15 is 0 Å². The van der Waals surface area contributed by atoms with Crippen LogP contribution in [0.2, 0.25) is 0 Å². The fraction of sp³-hybridized carbons (Fsp3) is 0. The quantitative estimate of drug-likeness (QED) is 0.182. The van der Waals surface area contributed by atoms with Gasteiger partial charge >= 0.3 is 0 Å². The third-order valence-corrected chi connectivity index (χ3v) is 10.1. The highest BCUT2D eigenvalue weighted by molar-refractivity contribution is 6.31. The second kappa shape index (κ2) is 9.12. The first-order valence-electron chi connectivity index (χ1n) is 16.1. The number of fused-ring (bicyclic) bond motifs is 14. The maximum absolute atomic E-state index is 6.45. The molecule has 47 heavy (non-hydrogen) atoms. The highest BCUT2D eigenvalue weighted by Gasteiger charge is 2.24. The lowest BCUT2D eigenvalue weighted by Gasteiger charge is -2.15. The Morgan fingerprint density at radius 2 is 1.02 bits per heavy atom. The molecular formula is C44H26N2O. The molecule has 0 amide bonds. The first-order valence-corrected chi connectivity index (χ1v) is 16.1. The third kappa shape index (κ3) is 3.25. The number of benzene rings is 8. The Labute approximate surface area is 269 Å². The zero-order chi connectivity index (χ0) is 30.6. The van der Waals surface area contributed by atoms with Crippen molar-refractivity contribution in [3.05, 3.63) is 158 Å². The van der Waals surface area contributed by atoms with Crippen LogP contribution in [0.15, 0.2) is 162 Å². The molecule has 0 spiro atoms. The van der Waals surface area contributed by atoms with Crippen molar-refractivity contribution >= 4 is 87.1 Å². The lowest BCUT2D eigenvalue weighted by Crippen LogP contribution is -1.97. The summed E-state index contributed by atoms with van der Waals surface area (Å²) in [6.07, 6.45) is 0. The van der Waals surface area contributed by atoms with E-state index in [-0.39, 0.29) is 0 Å². The Balaban J connectivity index is 1.43. The molecule has 0 saturated heterocycles. The molecule has 0 aliphatic heterocycles. The van der Waals surface area contributed by atoms with Gasteiger partial charge in [0.25, 0.3) is 0 Å². The molecule has 0 aliphatic rings. The smallest absolute Gasteiger partial charge is 0.137 e. The van der Waals surface area contributed by atoms with Gasteiger partial charge in [-0.05, 0) is 64.7 Å². The number of para-hydroxylation sites is 3. The van der Waals surface area contributed by atoms with E-state index in [2.05, 4.69) is 161 Å². The molecule has 0 aliphatic carbocycles. The summed E-state index contributed by atoms with van der Waals surface area (Å²) in [5.74, 6) is 0. The summed E-state index contributed by atoms with van der Waals surface area (Å²) < 4.78 is 11.4. The summed E-state index contributed by atoms with van der Waals surface area (Å²) in [7, 11) is 0. The first kappa shape index (κ1) is 24.9. The van der Waals surface area contributed by atoms with Gasteiger partial charge in [-0.1, -0.05) is 109 Å². The molecule has 3 heteroatoms. The van der Waals surface area contributed by atoms with Crippen LogP contribution in [-0.2, 0) is 0 Å². The molecule has 3 heterocycles. The van der Waals surface area contributed by atoms with Gasteiger partial charge in [0, 0.05) is 38.0 Å². The molecule has 0 fully saturated rings. The zero-order valence-corrected chi connectivity index (χ0v) is 25.3. The number of nitrogens with zero attached hydrogens (tertiary/aromatic N) is 2. The van der Waals surface area contributed by atoms with Gasteiger partial charge in [-0.2, -0.15) is 0 Å². The van der Waals surface area contributed by atoms with Crippen molar-refractivity contribution < 1.29 is 4.42 Å². The van der Waals surface area contributed by atoms with Gasteiger partial charge < -0.3 is 13.6 Å². The Kier molecular flexibility index (Phi) is 4.84. The van der Waals surface area contributed by atoms with Crippen LogP contribution in [0.5, 0.6) is 0 Å². The maximum Gasteiger partial charge on any atom is 0.137 e. The predicted octanol–water partition coefficient (Wildman–Crippen LogP) is 12.1. The summed E-state index contributed by atoms with van der Waals surface area (Å²) in [4.78, 5) is 0. The monoisotopic (exact) mass is 598 g/mol. The van der Waals surface area contributed by atoms with Crippen LogP contribution in [0.25, 0.3) is 98.5 Å². The van der Waals surface area contributed by atoms with E-state index in [0.29, 0.717) is 0 Å². The molecule has 0 atom stereocenters. The normalized spacial score (nSPS) is 12.3. The van der Waals surface area contributed by atoms with Crippen molar-refractivity contribution in [2.24, 2.45) is 0 Å². The van der Waals surface area contributed by atoms with Crippen LogP contribution in [0, 0.1) is 0 Å². The van der Waals surface area contributed by atoms with Crippen LogP contribution < -0.4 is 0 Å². The number of hydrogen-bond acceptors (Lipinski definition) is 1. The largest absolute Gasteiger partial charge is 0.456 e. The molecule has 3 aromatic heterocycles. The van der Waals surface area contributed by atoms with Crippen molar-refractivity contribution in [1.82, 2.24) is 9.13 Å². The van der Waals surface area contributed by atoms with Crippen LogP contribution in [-0.4, -0.2) is 9.13 Å². The minimum atomic E-state index is 0.899. The summed E-state index contributed by atoms with van der Waals surface area (Å²) in [5.41, 5.74) is 8.88. The summed E-state index contributed by atoms with van der Waals surface area (Å²) >= 11 is 0. The number of furan rings is 1. The SMILES string of the molecule is c1ccc(-n2c3ccc4c5ccccc5n(-c5cc6ccccc6c6ccccc56)c4c3c3ccc4oc5ccccc5c4c32)cc1. The molecule has 11 aromatic rings. The highest BCUT2D eigenvalue weighted by atomic mass is 16.3. The highest BCUT2D eigenvalue weighted by Crippen LogP contribution is 2.46. The van der Waals surface area contributed by atoms with Gasteiger partial charge in [-0.3, -0.25) is 0 Å². The zero-order valence-electron chi connectivity index (χ0n) is 25.3. The Morgan fingerprint density at radius 3 is 1.89 bits per heavy atom. The van der Waals surface area contributed by atoms with Crippen LogP contribution in [0.4, 0.5) is 0 Å². The molecule has 8 aromatic carbocycles. The van der Waals surface area contributed by atoms with E-state index in [1.54, 1.807) is 0 Å². The first-order chi connectivity index (χ1) is 23.3. The molecular weight excluding hydrogens is 572 g/mol. The van der Waals surface area contributed by atoms with Gasteiger partial charge in [0.2, 0.25) is 0 Å².